The molecule has 1 aromatic heterocycles. The highest BCUT2D eigenvalue weighted by Crippen LogP contribution is 2.14. The van der Waals surface area contributed by atoms with Crippen molar-refractivity contribution in [2.45, 2.75) is 27.2 Å². The van der Waals surface area contributed by atoms with E-state index in [0.29, 0.717) is 24.6 Å². The standard InChI is InChI=1S/C11H19N3O2/c1-4-8-13-9(5-10(16)14-8)12-6-11(2,3)7-15/h5,15H,4,6-7H2,1-3H3,(H2,12,13,14,16). The highest BCUT2D eigenvalue weighted by Gasteiger charge is 2.16. The van der Waals surface area contributed by atoms with Gasteiger partial charge in [-0.1, -0.05) is 20.8 Å². The van der Waals surface area contributed by atoms with E-state index in [1.165, 1.54) is 6.07 Å². The Morgan fingerprint density at radius 2 is 2.25 bits per heavy atom. The van der Waals surface area contributed by atoms with Gasteiger partial charge in [-0.15, -0.1) is 0 Å². The van der Waals surface area contributed by atoms with Gasteiger partial charge in [-0.05, 0) is 0 Å². The van der Waals surface area contributed by atoms with Crippen LogP contribution in [0.15, 0.2) is 10.9 Å². The number of aliphatic hydroxyl groups is 1. The summed E-state index contributed by atoms with van der Waals surface area (Å²) in [5.41, 5.74) is -0.382. The molecule has 0 aliphatic rings. The normalized spacial score (nSPS) is 11.5. The lowest BCUT2D eigenvalue weighted by Crippen LogP contribution is -2.27. The molecule has 0 atom stereocenters. The summed E-state index contributed by atoms with van der Waals surface area (Å²) in [5, 5.41) is 12.2. The van der Waals surface area contributed by atoms with E-state index >= 15 is 0 Å². The molecule has 16 heavy (non-hydrogen) atoms. The Hall–Kier alpha value is -1.36. The van der Waals surface area contributed by atoms with Crippen LogP contribution >= 0.6 is 0 Å². The van der Waals surface area contributed by atoms with Crippen LogP contribution in [0.4, 0.5) is 5.82 Å². The topological polar surface area (TPSA) is 78.0 Å². The first-order chi connectivity index (χ1) is 7.46. The molecule has 1 rings (SSSR count). The van der Waals surface area contributed by atoms with Crippen molar-refractivity contribution in [3.05, 3.63) is 22.2 Å². The van der Waals surface area contributed by atoms with Gasteiger partial charge in [0.15, 0.2) is 0 Å². The minimum atomic E-state index is -0.226. The summed E-state index contributed by atoms with van der Waals surface area (Å²) in [6.07, 6.45) is 0.689. The Morgan fingerprint density at radius 1 is 1.56 bits per heavy atom. The fourth-order valence-corrected chi connectivity index (χ4v) is 1.15. The predicted octanol–water partition coefficient (Wildman–Crippen LogP) is 0.763. The van der Waals surface area contributed by atoms with Crippen molar-refractivity contribution in [2.24, 2.45) is 5.41 Å². The molecule has 5 heteroatoms. The molecule has 1 aromatic rings. The van der Waals surface area contributed by atoms with Crippen LogP contribution in [0.25, 0.3) is 0 Å². The Balaban J connectivity index is 2.74. The van der Waals surface area contributed by atoms with Crippen LogP contribution in [0.1, 0.15) is 26.6 Å². The largest absolute Gasteiger partial charge is 0.396 e. The van der Waals surface area contributed by atoms with E-state index in [2.05, 4.69) is 15.3 Å². The van der Waals surface area contributed by atoms with Crippen LogP contribution in [-0.4, -0.2) is 28.2 Å². The van der Waals surface area contributed by atoms with E-state index in [0.717, 1.165) is 0 Å². The monoisotopic (exact) mass is 225 g/mol. The Bertz CT molecular complexity index is 398. The lowest BCUT2D eigenvalue weighted by molar-refractivity contribution is 0.170. The van der Waals surface area contributed by atoms with Crippen molar-refractivity contribution in [3.63, 3.8) is 0 Å². The predicted molar refractivity (Wildman–Crippen MR) is 63.6 cm³/mol. The quantitative estimate of drug-likeness (QED) is 0.691. The smallest absolute Gasteiger partial charge is 0.252 e. The summed E-state index contributed by atoms with van der Waals surface area (Å²) in [4.78, 5) is 18.2. The van der Waals surface area contributed by atoms with E-state index < -0.39 is 0 Å². The van der Waals surface area contributed by atoms with Gasteiger partial charge in [0.05, 0.1) is 0 Å². The highest BCUT2D eigenvalue weighted by atomic mass is 16.3. The third-order valence-electron chi connectivity index (χ3n) is 2.30. The zero-order chi connectivity index (χ0) is 12.2. The molecule has 0 fully saturated rings. The van der Waals surface area contributed by atoms with Gasteiger partial charge in [-0.2, -0.15) is 0 Å². The van der Waals surface area contributed by atoms with Gasteiger partial charge < -0.3 is 15.4 Å². The molecule has 0 bridgehead atoms. The molecular formula is C11H19N3O2. The number of aliphatic hydroxyl groups excluding tert-OH is 1. The molecule has 0 amide bonds. The van der Waals surface area contributed by atoms with Gasteiger partial charge in [-0.25, -0.2) is 4.98 Å². The van der Waals surface area contributed by atoms with Crippen molar-refractivity contribution < 1.29 is 5.11 Å². The molecule has 0 aliphatic carbocycles. The van der Waals surface area contributed by atoms with E-state index in [1.54, 1.807) is 0 Å². The maximum Gasteiger partial charge on any atom is 0.252 e. The first-order valence-corrected chi connectivity index (χ1v) is 5.42. The Morgan fingerprint density at radius 3 is 2.81 bits per heavy atom. The van der Waals surface area contributed by atoms with Crippen molar-refractivity contribution in [1.82, 2.24) is 9.97 Å². The minimum absolute atomic E-state index is 0.0871. The molecule has 0 aliphatic heterocycles. The molecule has 3 N–H and O–H groups in total. The fraction of sp³-hybridized carbons (Fsp3) is 0.636. The zero-order valence-corrected chi connectivity index (χ0v) is 10.0. The SMILES string of the molecule is CCc1nc(NCC(C)(C)CO)cc(=O)[nH]1. The lowest BCUT2D eigenvalue weighted by atomic mass is 9.95. The second-order valence-corrected chi connectivity index (χ2v) is 4.61. The number of aromatic nitrogens is 2. The highest BCUT2D eigenvalue weighted by molar-refractivity contribution is 5.33. The molecule has 5 nitrogen and oxygen atoms in total. The van der Waals surface area contributed by atoms with Crippen molar-refractivity contribution in [3.8, 4) is 0 Å². The van der Waals surface area contributed by atoms with E-state index in [1.807, 2.05) is 20.8 Å². The molecule has 0 saturated heterocycles. The number of rotatable bonds is 5. The molecule has 0 aromatic carbocycles. The van der Waals surface area contributed by atoms with Crippen LogP contribution in [0, 0.1) is 5.41 Å². The average molecular weight is 225 g/mol. The second-order valence-electron chi connectivity index (χ2n) is 4.61. The van der Waals surface area contributed by atoms with Crippen LogP contribution in [0.5, 0.6) is 0 Å². The summed E-state index contributed by atoms with van der Waals surface area (Å²) in [6.45, 7) is 6.47. The first-order valence-electron chi connectivity index (χ1n) is 5.42. The van der Waals surface area contributed by atoms with Gasteiger partial charge in [0.1, 0.15) is 11.6 Å². The van der Waals surface area contributed by atoms with Crippen LogP contribution in [0.3, 0.4) is 0 Å². The van der Waals surface area contributed by atoms with Crippen molar-refractivity contribution in [1.29, 1.82) is 0 Å². The first kappa shape index (κ1) is 12.7. The number of H-pyrrole nitrogens is 1. The maximum atomic E-state index is 11.3. The molecule has 90 valence electrons. The molecule has 0 unspecified atom stereocenters. The molecule has 0 saturated carbocycles. The van der Waals surface area contributed by atoms with Gasteiger partial charge in [0, 0.05) is 31.1 Å². The third-order valence-corrected chi connectivity index (χ3v) is 2.30. The van der Waals surface area contributed by atoms with E-state index in [9.17, 15) is 4.79 Å². The van der Waals surface area contributed by atoms with E-state index in [-0.39, 0.29) is 17.6 Å². The lowest BCUT2D eigenvalue weighted by Gasteiger charge is -2.22. The maximum absolute atomic E-state index is 11.3. The van der Waals surface area contributed by atoms with Crippen LogP contribution in [0.2, 0.25) is 0 Å². The van der Waals surface area contributed by atoms with Gasteiger partial charge in [0.2, 0.25) is 0 Å². The summed E-state index contributed by atoms with van der Waals surface area (Å²) in [7, 11) is 0. The van der Waals surface area contributed by atoms with Gasteiger partial charge in [-0.3, -0.25) is 4.79 Å². The van der Waals surface area contributed by atoms with Crippen molar-refractivity contribution >= 4 is 5.82 Å². The summed E-state index contributed by atoms with van der Waals surface area (Å²) in [5.74, 6) is 1.22. The number of aromatic amines is 1. The number of hydrogen-bond acceptors (Lipinski definition) is 4. The Kier molecular flexibility index (Phi) is 4.06. The number of aryl methyl sites for hydroxylation is 1. The zero-order valence-electron chi connectivity index (χ0n) is 10.0. The number of nitrogens with zero attached hydrogens (tertiary/aromatic N) is 1. The minimum Gasteiger partial charge on any atom is -0.396 e. The summed E-state index contributed by atoms with van der Waals surface area (Å²) in [6, 6.07) is 1.42. The fourth-order valence-electron chi connectivity index (χ4n) is 1.15. The van der Waals surface area contributed by atoms with Crippen molar-refractivity contribution in [2.75, 3.05) is 18.5 Å². The second kappa shape index (κ2) is 5.12. The van der Waals surface area contributed by atoms with Crippen LogP contribution < -0.4 is 10.9 Å². The third kappa shape index (κ3) is 3.66. The average Bonchev–Trinajstić information content (AvgIpc) is 2.26. The Labute approximate surface area is 94.9 Å². The van der Waals surface area contributed by atoms with Crippen LogP contribution in [-0.2, 0) is 6.42 Å². The van der Waals surface area contributed by atoms with E-state index in [4.69, 9.17) is 5.11 Å². The number of hydrogen-bond donors (Lipinski definition) is 3. The van der Waals surface area contributed by atoms with Gasteiger partial charge >= 0.3 is 0 Å². The molecule has 1 heterocycles. The molecule has 0 radical (unpaired) electrons. The molecule has 0 spiro atoms. The van der Waals surface area contributed by atoms with Gasteiger partial charge in [0.25, 0.3) is 5.56 Å². The molecular weight excluding hydrogens is 206 g/mol. The number of nitrogens with one attached hydrogen (secondary N) is 2. The number of anilines is 1. The summed E-state index contributed by atoms with van der Waals surface area (Å²) < 4.78 is 0. The summed E-state index contributed by atoms with van der Waals surface area (Å²) >= 11 is 0.